The van der Waals surface area contributed by atoms with Crippen LogP contribution in [0.2, 0.25) is 0 Å². The number of hydrogen-bond acceptors (Lipinski definition) is 4. The molecule has 0 saturated carbocycles. The van der Waals surface area contributed by atoms with E-state index in [0.717, 1.165) is 14.4 Å². The molecule has 0 spiro atoms. The van der Waals surface area contributed by atoms with Gasteiger partial charge in [-0.1, -0.05) is 11.8 Å². The summed E-state index contributed by atoms with van der Waals surface area (Å²) in [6.07, 6.45) is 1.73. The van der Waals surface area contributed by atoms with Gasteiger partial charge in [0.2, 0.25) is 0 Å². The van der Waals surface area contributed by atoms with Gasteiger partial charge in [-0.3, -0.25) is 0 Å². The van der Waals surface area contributed by atoms with Crippen molar-refractivity contribution in [3.05, 3.63) is 46.6 Å². The van der Waals surface area contributed by atoms with E-state index in [9.17, 15) is 0 Å². The van der Waals surface area contributed by atoms with Crippen LogP contribution in [0, 0.1) is 11.3 Å². The summed E-state index contributed by atoms with van der Waals surface area (Å²) < 4.78 is 0.931. The highest BCUT2D eigenvalue weighted by atomic mass is 79.9. The van der Waals surface area contributed by atoms with Crippen molar-refractivity contribution >= 4 is 33.4 Å². The molecule has 84 valence electrons. The zero-order valence-corrected chi connectivity index (χ0v) is 11.1. The lowest BCUT2D eigenvalue weighted by Crippen LogP contribution is -1.90. The van der Waals surface area contributed by atoms with Gasteiger partial charge >= 0.3 is 0 Å². The predicted molar refractivity (Wildman–Crippen MR) is 71.6 cm³/mol. The Labute approximate surface area is 112 Å². The summed E-state index contributed by atoms with van der Waals surface area (Å²) in [7, 11) is 0. The smallest absolute Gasteiger partial charge is 0.101 e. The van der Waals surface area contributed by atoms with Gasteiger partial charge in [-0.2, -0.15) is 5.26 Å². The summed E-state index contributed by atoms with van der Waals surface area (Å²) in [5, 5.41) is 9.68. The van der Waals surface area contributed by atoms with Crippen molar-refractivity contribution in [2.75, 3.05) is 5.73 Å². The van der Waals surface area contributed by atoms with E-state index in [-0.39, 0.29) is 0 Å². The number of rotatable bonds is 2. The Kier molecular flexibility index (Phi) is 3.67. The van der Waals surface area contributed by atoms with Crippen molar-refractivity contribution in [1.29, 1.82) is 5.26 Å². The molecule has 0 aliphatic heterocycles. The number of pyridine rings is 1. The molecule has 0 saturated heterocycles. The molecule has 0 bridgehead atoms. The second-order valence-corrected chi connectivity index (χ2v) is 5.26. The first-order valence-electron chi connectivity index (χ1n) is 4.78. The Morgan fingerprint density at radius 1 is 1.29 bits per heavy atom. The molecule has 0 atom stereocenters. The second kappa shape index (κ2) is 5.21. The Bertz CT molecular complexity index is 575. The number of aromatic nitrogens is 1. The molecule has 2 rings (SSSR count). The van der Waals surface area contributed by atoms with E-state index in [1.54, 1.807) is 24.4 Å². The SMILES string of the molecule is N#Cc1ccc(N)c(Sc2ccc(Br)cn2)c1. The molecule has 2 N–H and O–H groups in total. The van der Waals surface area contributed by atoms with Crippen molar-refractivity contribution < 1.29 is 0 Å². The maximum atomic E-state index is 8.83. The third kappa shape index (κ3) is 2.99. The first-order chi connectivity index (χ1) is 8.19. The molecular formula is C12H8BrN3S. The summed E-state index contributed by atoms with van der Waals surface area (Å²) in [5.41, 5.74) is 7.10. The molecule has 3 nitrogen and oxygen atoms in total. The number of nitrogens with zero attached hydrogens (tertiary/aromatic N) is 2. The van der Waals surface area contributed by atoms with Crippen LogP contribution in [0.5, 0.6) is 0 Å². The van der Waals surface area contributed by atoms with Crippen LogP contribution in [0.15, 0.2) is 50.9 Å². The molecule has 2 aromatic rings. The van der Waals surface area contributed by atoms with Crippen molar-refractivity contribution in [2.24, 2.45) is 0 Å². The number of anilines is 1. The van der Waals surface area contributed by atoms with Crippen LogP contribution in [-0.2, 0) is 0 Å². The standard InChI is InChI=1S/C12H8BrN3S/c13-9-2-4-12(16-7-9)17-11-5-8(6-14)1-3-10(11)15/h1-5,7H,15H2. The van der Waals surface area contributed by atoms with Crippen LogP contribution < -0.4 is 5.73 Å². The van der Waals surface area contributed by atoms with Gasteiger partial charge in [0.05, 0.1) is 11.6 Å². The van der Waals surface area contributed by atoms with Crippen LogP contribution >= 0.6 is 27.7 Å². The molecule has 0 radical (unpaired) electrons. The van der Waals surface area contributed by atoms with Crippen molar-refractivity contribution in [3.63, 3.8) is 0 Å². The number of nitriles is 1. The lowest BCUT2D eigenvalue weighted by molar-refractivity contribution is 1.12. The average Bonchev–Trinajstić information content (AvgIpc) is 2.35. The fourth-order valence-electron chi connectivity index (χ4n) is 1.23. The Balaban J connectivity index is 2.29. The minimum atomic E-state index is 0.596. The van der Waals surface area contributed by atoms with E-state index < -0.39 is 0 Å². The summed E-state index contributed by atoms with van der Waals surface area (Å²) in [6.45, 7) is 0. The van der Waals surface area contributed by atoms with Gasteiger partial charge in [0.25, 0.3) is 0 Å². The first kappa shape index (κ1) is 12.0. The quantitative estimate of drug-likeness (QED) is 0.863. The van der Waals surface area contributed by atoms with Crippen molar-refractivity contribution in [3.8, 4) is 6.07 Å². The van der Waals surface area contributed by atoms with Gasteiger partial charge in [0.1, 0.15) is 5.03 Å². The van der Waals surface area contributed by atoms with Crippen LogP contribution in [0.1, 0.15) is 5.56 Å². The fraction of sp³-hybridized carbons (Fsp3) is 0. The second-order valence-electron chi connectivity index (χ2n) is 3.28. The van der Waals surface area contributed by atoms with Crippen LogP contribution in [0.4, 0.5) is 5.69 Å². The zero-order chi connectivity index (χ0) is 12.3. The van der Waals surface area contributed by atoms with E-state index in [1.807, 2.05) is 12.1 Å². The van der Waals surface area contributed by atoms with Gasteiger partial charge in [-0.15, -0.1) is 0 Å². The van der Waals surface area contributed by atoms with Gasteiger partial charge in [-0.05, 0) is 46.3 Å². The Morgan fingerprint density at radius 2 is 2.12 bits per heavy atom. The van der Waals surface area contributed by atoms with E-state index in [2.05, 4.69) is 27.0 Å². The van der Waals surface area contributed by atoms with Crippen molar-refractivity contribution in [2.45, 2.75) is 9.92 Å². The first-order valence-corrected chi connectivity index (χ1v) is 6.39. The molecule has 0 aliphatic rings. The summed E-state index contributed by atoms with van der Waals surface area (Å²) >= 11 is 4.77. The third-order valence-electron chi connectivity index (χ3n) is 2.06. The normalized spacial score (nSPS) is 9.88. The summed E-state index contributed by atoms with van der Waals surface area (Å²) in [5.74, 6) is 0. The topological polar surface area (TPSA) is 62.7 Å². The summed E-state index contributed by atoms with van der Waals surface area (Å²) in [6, 6.07) is 11.1. The van der Waals surface area contributed by atoms with Gasteiger partial charge in [0, 0.05) is 21.3 Å². The minimum absolute atomic E-state index is 0.596. The van der Waals surface area contributed by atoms with E-state index in [1.165, 1.54) is 11.8 Å². The van der Waals surface area contributed by atoms with E-state index in [4.69, 9.17) is 11.0 Å². The van der Waals surface area contributed by atoms with Crippen molar-refractivity contribution in [1.82, 2.24) is 4.98 Å². The summed E-state index contributed by atoms with van der Waals surface area (Å²) in [4.78, 5) is 5.09. The fourth-order valence-corrected chi connectivity index (χ4v) is 2.30. The highest BCUT2D eigenvalue weighted by Gasteiger charge is 2.04. The Hall–Kier alpha value is -1.51. The molecule has 17 heavy (non-hydrogen) atoms. The number of benzene rings is 1. The maximum absolute atomic E-state index is 8.83. The highest BCUT2D eigenvalue weighted by molar-refractivity contribution is 9.10. The Morgan fingerprint density at radius 3 is 2.76 bits per heavy atom. The largest absolute Gasteiger partial charge is 0.398 e. The predicted octanol–water partition coefficient (Wildman–Crippen LogP) is 3.45. The molecule has 0 amide bonds. The molecule has 1 aromatic carbocycles. The lowest BCUT2D eigenvalue weighted by atomic mass is 10.2. The monoisotopic (exact) mass is 305 g/mol. The van der Waals surface area contributed by atoms with E-state index >= 15 is 0 Å². The maximum Gasteiger partial charge on any atom is 0.101 e. The van der Waals surface area contributed by atoms with Gasteiger partial charge in [-0.25, -0.2) is 4.98 Å². The van der Waals surface area contributed by atoms with Crippen LogP contribution in [-0.4, -0.2) is 4.98 Å². The number of nitrogens with two attached hydrogens (primary N) is 1. The van der Waals surface area contributed by atoms with Crippen LogP contribution in [0.3, 0.4) is 0 Å². The zero-order valence-electron chi connectivity index (χ0n) is 8.72. The third-order valence-corrected chi connectivity index (χ3v) is 3.55. The molecule has 0 unspecified atom stereocenters. The molecule has 5 heteroatoms. The number of nitrogen functional groups attached to an aromatic ring is 1. The molecule has 1 heterocycles. The number of halogens is 1. The number of hydrogen-bond donors (Lipinski definition) is 1. The van der Waals surface area contributed by atoms with Crippen LogP contribution in [0.25, 0.3) is 0 Å². The van der Waals surface area contributed by atoms with Gasteiger partial charge in [0.15, 0.2) is 0 Å². The molecular weight excluding hydrogens is 298 g/mol. The molecule has 1 aromatic heterocycles. The molecule has 0 fully saturated rings. The van der Waals surface area contributed by atoms with Gasteiger partial charge < -0.3 is 5.73 Å². The van der Waals surface area contributed by atoms with E-state index in [0.29, 0.717) is 11.3 Å². The minimum Gasteiger partial charge on any atom is -0.398 e. The molecule has 0 aliphatic carbocycles. The highest BCUT2D eigenvalue weighted by Crippen LogP contribution is 2.31. The average molecular weight is 306 g/mol. The lowest BCUT2D eigenvalue weighted by Gasteiger charge is -2.05.